The van der Waals surface area contributed by atoms with Crippen molar-refractivity contribution in [3.8, 4) is 17.2 Å². The van der Waals surface area contributed by atoms with Crippen LogP contribution in [0.4, 0.5) is 4.79 Å². The first-order valence-electron chi connectivity index (χ1n) is 14.2. The SMILES string of the molecule is COC(=O)n1nnnc1SCC1=C(C(=O)O)N2C(=O)[C@@H](NC(=O)[C@H](NC(=O)c3coc4cc(O)c(O)cc4c3=O)c3ccc(O)cc3)[C@H]2SC1. The van der Waals surface area contributed by atoms with E-state index < -0.39 is 69.7 Å². The lowest BCUT2D eigenvalue weighted by atomic mass is 10.0. The number of rotatable bonds is 9. The number of benzene rings is 2. The molecule has 6 N–H and O–H groups in total. The van der Waals surface area contributed by atoms with Crippen LogP contribution in [0, 0.1) is 0 Å². The van der Waals surface area contributed by atoms with Crippen LogP contribution in [-0.2, 0) is 19.1 Å². The molecule has 2 aliphatic heterocycles. The number of nitrogens with zero attached hydrogens (tertiary/aromatic N) is 5. The van der Waals surface area contributed by atoms with Crippen molar-refractivity contribution in [2.75, 3.05) is 18.6 Å². The highest BCUT2D eigenvalue weighted by molar-refractivity contribution is 8.01. The molecule has 4 aromatic rings. The predicted molar refractivity (Wildman–Crippen MR) is 170 cm³/mol. The number of ether oxygens (including phenoxy) is 1. The molecule has 1 fully saturated rings. The minimum absolute atomic E-state index is 0.00196. The van der Waals surface area contributed by atoms with Gasteiger partial charge in [0.1, 0.15) is 46.3 Å². The summed E-state index contributed by atoms with van der Waals surface area (Å²) in [5, 5.41) is 54.0. The van der Waals surface area contributed by atoms with Gasteiger partial charge in [0.25, 0.3) is 11.8 Å². The number of tetrazole rings is 1. The minimum atomic E-state index is -1.52. The number of phenolic OH excluding ortho intramolecular Hbond substituents is 3. The maximum absolute atomic E-state index is 13.7. The van der Waals surface area contributed by atoms with E-state index in [0.29, 0.717) is 5.57 Å². The Morgan fingerprint density at radius 3 is 2.54 bits per heavy atom. The molecule has 258 valence electrons. The first-order valence-corrected chi connectivity index (χ1v) is 16.2. The summed E-state index contributed by atoms with van der Waals surface area (Å²) in [6, 6.07) is 4.35. The van der Waals surface area contributed by atoms with Gasteiger partial charge >= 0.3 is 12.1 Å². The highest BCUT2D eigenvalue weighted by Gasteiger charge is 2.54. The zero-order chi connectivity index (χ0) is 35.9. The molecule has 4 heterocycles. The molecule has 0 radical (unpaired) electrons. The van der Waals surface area contributed by atoms with Gasteiger partial charge in [-0.25, -0.2) is 9.59 Å². The highest BCUT2D eigenvalue weighted by Crippen LogP contribution is 2.41. The van der Waals surface area contributed by atoms with Crippen molar-refractivity contribution in [3.63, 3.8) is 0 Å². The number of aliphatic carboxylic acids is 1. The normalized spacial score (nSPS) is 17.5. The van der Waals surface area contributed by atoms with Crippen LogP contribution in [0.25, 0.3) is 11.0 Å². The fraction of sp³-hybridized carbons (Fsp3) is 0.207. The molecule has 0 spiro atoms. The standard InChI is InChI=1S/C29H23N7O12S2/c1-47-29(46)36-28(32-33-34-36)50-10-12-9-49-26-20(25(43)35(26)21(12)27(44)45)31-24(42)19(11-2-4-13(37)5-3-11)30-23(41)15-8-48-18-7-17(39)16(38)6-14(18)22(15)40/h2-8,19-20,26,37-39H,9-10H2,1H3,(H,30,41)(H,31,42)(H,44,45)/t19-,20-,26-/m1/s1. The summed E-state index contributed by atoms with van der Waals surface area (Å²) >= 11 is 2.11. The van der Waals surface area contributed by atoms with Crippen LogP contribution in [0.2, 0.25) is 0 Å². The molecule has 3 amide bonds. The summed E-state index contributed by atoms with van der Waals surface area (Å²) in [7, 11) is 1.14. The number of carboxylic acid groups (broad SMARTS) is 1. The largest absolute Gasteiger partial charge is 0.508 e. The number of nitrogens with one attached hydrogen (secondary N) is 2. The number of hydrogen-bond donors (Lipinski definition) is 6. The van der Waals surface area contributed by atoms with Crippen molar-refractivity contribution in [1.82, 2.24) is 35.7 Å². The Bertz CT molecular complexity index is 2170. The van der Waals surface area contributed by atoms with E-state index in [1.807, 2.05) is 0 Å². The second-order valence-corrected chi connectivity index (χ2v) is 12.6. The summed E-state index contributed by atoms with van der Waals surface area (Å²) in [5.41, 5.74) is -1.37. The summed E-state index contributed by atoms with van der Waals surface area (Å²) in [6.07, 6.45) is -0.0387. The lowest BCUT2D eigenvalue weighted by Crippen LogP contribution is -2.71. The van der Waals surface area contributed by atoms with Crippen LogP contribution < -0.4 is 16.1 Å². The van der Waals surface area contributed by atoms with Crippen LogP contribution in [0.3, 0.4) is 0 Å². The molecule has 0 aliphatic carbocycles. The third-order valence-corrected chi connectivity index (χ3v) is 9.94. The molecule has 2 aliphatic rings. The zero-order valence-corrected chi connectivity index (χ0v) is 26.9. The van der Waals surface area contributed by atoms with Gasteiger partial charge in [0.15, 0.2) is 11.5 Å². The summed E-state index contributed by atoms with van der Waals surface area (Å²) in [6.45, 7) is 0. The van der Waals surface area contributed by atoms with E-state index in [-0.39, 0.29) is 44.6 Å². The van der Waals surface area contributed by atoms with Gasteiger partial charge in [-0.1, -0.05) is 23.9 Å². The maximum Gasteiger partial charge on any atom is 0.438 e. The van der Waals surface area contributed by atoms with E-state index in [1.54, 1.807) is 0 Å². The average molecular weight is 726 g/mol. The number of carbonyl (C=O) groups is 5. The van der Waals surface area contributed by atoms with Gasteiger partial charge in [-0.05, 0) is 39.8 Å². The molecule has 6 rings (SSSR count). The number of aromatic hydroxyl groups is 3. The smallest absolute Gasteiger partial charge is 0.438 e. The molecule has 2 aromatic carbocycles. The summed E-state index contributed by atoms with van der Waals surface area (Å²) in [5.74, 6) is -5.32. The van der Waals surface area contributed by atoms with Gasteiger partial charge in [-0.15, -0.1) is 21.5 Å². The molecule has 0 saturated carbocycles. The van der Waals surface area contributed by atoms with Crippen LogP contribution >= 0.6 is 23.5 Å². The summed E-state index contributed by atoms with van der Waals surface area (Å²) in [4.78, 5) is 78.7. The molecule has 0 bridgehead atoms. The zero-order valence-electron chi connectivity index (χ0n) is 25.3. The van der Waals surface area contributed by atoms with Crippen molar-refractivity contribution >= 4 is 64.3 Å². The summed E-state index contributed by atoms with van der Waals surface area (Å²) < 4.78 is 10.7. The lowest BCUT2D eigenvalue weighted by Gasteiger charge is -2.49. The number of carboxylic acids is 1. The molecule has 3 atom stereocenters. The number of fused-ring (bicyclic) bond motifs is 2. The molecular weight excluding hydrogens is 702 g/mol. The third kappa shape index (κ3) is 6.14. The number of amides is 3. The van der Waals surface area contributed by atoms with Gasteiger partial charge in [-0.2, -0.15) is 0 Å². The first kappa shape index (κ1) is 33.8. The van der Waals surface area contributed by atoms with Gasteiger partial charge in [0.05, 0.1) is 12.5 Å². The average Bonchev–Trinajstić information content (AvgIpc) is 3.57. The second kappa shape index (κ2) is 13.4. The number of carbonyl (C=O) groups excluding carboxylic acids is 4. The van der Waals surface area contributed by atoms with Gasteiger partial charge in [0.2, 0.25) is 16.5 Å². The van der Waals surface area contributed by atoms with Crippen LogP contribution in [0.15, 0.2) is 68.3 Å². The molecule has 0 unspecified atom stereocenters. The number of phenols is 3. The molecule has 1 saturated heterocycles. The van der Waals surface area contributed by atoms with Crippen molar-refractivity contribution in [1.29, 1.82) is 0 Å². The Labute approximate surface area is 286 Å². The van der Waals surface area contributed by atoms with E-state index >= 15 is 0 Å². The fourth-order valence-corrected chi connectivity index (χ4v) is 7.48. The Morgan fingerprint density at radius 1 is 1.12 bits per heavy atom. The molecule has 21 heteroatoms. The maximum atomic E-state index is 13.7. The molecule has 19 nitrogen and oxygen atoms in total. The van der Waals surface area contributed by atoms with Crippen molar-refractivity contribution in [3.05, 3.63) is 75.3 Å². The van der Waals surface area contributed by atoms with Crippen LogP contribution in [0.5, 0.6) is 17.2 Å². The molecule has 2 aromatic heterocycles. The Morgan fingerprint density at radius 2 is 1.84 bits per heavy atom. The first-order chi connectivity index (χ1) is 23.9. The number of methoxy groups -OCH3 is 1. The molecule has 50 heavy (non-hydrogen) atoms. The van der Waals surface area contributed by atoms with E-state index in [9.17, 15) is 49.2 Å². The van der Waals surface area contributed by atoms with Crippen LogP contribution in [0.1, 0.15) is 22.0 Å². The Kier molecular flexibility index (Phi) is 9.08. The highest BCUT2D eigenvalue weighted by atomic mass is 32.2. The topological polar surface area (TPSA) is 277 Å². The van der Waals surface area contributed by atoms with E-state index in [0.717, 1.165) is 46.8 Å². The third-order valence-electron chi connectivity index (χ3n) is 7.59. The van der Waals surface area contributed by atoms with Crippen molar-refractivity contribution in [2.24, 2.45) is 0 Å². The van der Waals surface area contributed by atoms with Crippen LogP contribution in [-0.4, -0.2) is 105 Å². The number of aromatic nitrogens is 4. The van der Waals surface area contributed by atoms with E-state index in [4.69, 9.17) is 4.42 Å². The van der Waals surface area contributed by atoms with Gasteiger partial charge in [0, 0.05) is 17.6 Å². The van der Waals surface area contributed by atoms with E-state index in [2.05, 4.69) is 30.9 Å². The number of hydrogen-bond acceptors (Lipinski definition) is 16. The van der Waals surface area contributed by atoms with Gasteiger partial charge < -0.3 is 40.2 Å². The fourth-order valence-electron chi connectivity index (χ4n) is 5.14. The number of thioether (sulfide) groups is 2. The second-order valence-electron chi connectivity index (χ2n) is 10.6. The predicted octanol–water partition coefficient (Wildman–Crippen LogP) is 0.513. The van der Waals surface area contributed by atoms with E-state index in [1.165, 1.54) is 36.0 Å². The Hall–Kier alpha value is -6.09. The lowest BCUT2D eigenvalue weighted by molar-refractivity contribution is -0.151. The minimum Gasteiger partial charge on any atom is -0.508 e. The number of β-lactam (4-membered cyclic amide) rings is 1. The van der Waals surface area contributed by atoms with Crippen molar-refractivity contribution < 1.29 is 53.6 Å². The van der Waals surface area contributed by atoms with Gasteiger partial charge in [-0.3, -0.25) is 24.1 Å². The Balaban J connectivity index is 1.22. The monoisotopic (exact) mass is 725 g/mol. The van der Waals surface area contributed by atoms with Crippen molar-refractivity contribution in [2.45, 2.75) is 22.6 Å². The quantitative estimate of drug-likeness (QED) is 0.0593. The molecular formula is C29H23N7O12S2.